The highest BCUT2D eigenvalue weighted by Crippen LogP contribution is 2.31. The van der Waals surface area contributed by atoms with Gasteiger partial charge in [-0.25, -0.2) is 0 Å². The van der Waals surface area contributed by atoms with Crippen LogP contribution in [0, 0.1) is 17.8 Å². The summed E-state index contributed by atoms with van der Waals surface area (Å²) in [6.45, 7) is 2.57. The first-order valence-corrected chi connectivity index (χ1v) is 7.18. The number of nitrogens with one attached hydrogen (secondary N) is 1. The van der Waals surface area contributed by atoms with Crippen molar-refractivity contribution in [2.24, 2.45) is 5.92 Å². The third-order valence-corrected chi connectivity index (χ3v) is 3.88. The SMILES string of the molecule is COCC#Cc1ccc([C@@H]2NC(C(=O)O)CC[C@H]2C)cc1. The zero-order valence-corrected chi connectivity index (χ0v) is 12.4. The van der Waals surface area contributed by atoms with Crippen molar-refractivity contribution in [1.29, 1.82) is 0 Å². The van der Waals surface area contributed by atoms with Crippen molar-refractivity contribution in [1.82, 2.24) is 5.32 Å². The Kier molecular flexibility index (Phi) is 5.38. The average Bonchev–Trinajstić information content (AvgIpc) is 2.48. The summed E-state index contributed by atoms with van der Waals surface area (Å²) in [6.07, 6.45) is 1.61. The predicted octanol–water partition coefficient (Wildman–Crippen LogP) is 2.20. The van der Waals surface area contributed by atoms with Crippen molar-refractivity contribution in [2.45, 2.75) is 31.8 Å². The van der Waals surface area contributed by atoms with Gasteiger partial charge >= 0.3 is 5.97 Å². The molecule has 0 saturated carbocycles. The molecule has 0 spiro atoms. The van der Waals surface area contributed by atoms with Gasteiger partial charge in [0.25, 0.3) is 0 Å². The molecule has 1 aromatic carbocycles. The number of piperidine rings is 1. The molecule has 1 fully saturated rings. The fourth-order valence-corrected chi connectivity index (χ4v) is 2.66. The molecule has 1 saturated heterocycles. The summed E-state index contributed by atoms with van der Waals surface area (Å²) in [7, 11) is 1.62. The van der Waals surface area contributed by atoms with Gasteiger partial charge in [0.1, 0.15) is 12.6 Å². The molecule has 1 aromatic rings. The van der Waals surface area contributed by atoms with E-state index in [1.165, 1.54) is 0 Å². The van der Waals surface area contributed by atoms with Gasteiger partial charge in [-0.3, -0.25) is 10.1 Å². The van der Waals surface area contributed by atoms with Gasteiger partial charge in [-0.15, -0.1) is 0 Å². The van der Waals surface area contributed by atoms with Crippen LogP contribution in [0.25, 0.3) is 0 Å². The van der Waals surface area contributed by atoms with Crippen molar-refractivity contribution in [3.05, 3.63) is 35.4 Å². The lowest BCUT2D eigenvalue weighted by Crippen LogP contribution is -2.45. The zero-order chi connectivity index (χ0) is 15.2. The summed E-state index contributed by atoms with van der Waals surface area (Å²) in [5, 5.41) is 12.4. The molecule has 1 aliphatic rings. The largest absolute Gasteiger partial charge is 0.480 e. The van der Waals surface area contributed by atoms with Gasteiger partial charge in [0.05, 0.1) is 0 Å². The Morgan fingerprint density at radius 2 is 2.10 bits per heavy atom. The Morgan fingerprint density at radius 3 is 2.71 bits per heavy atom. The predicted molar refractivity (Wildman–Crippen MR) is 80.9 cm³/mol. The van der Waals surface area contributed by atoms with Gasteiger partial charge in [-0.2, -0.15) is 0 Å². The molecule has 0 radical (unpaired) electrons. The molecular formula is C17H21NO3. The number of ether oxygens (including phenoxy) is 1. The lowest BCUT2D eigenvalue weighted by Gasteiger charge is -2.34. The normalized spacial score (nSPS) is 25.0. The number of aliphatic carboxylic acids is 1. The lowest BCUT2D eigenvalue weighted by atomic mass is 9.84. The number of benzene rings is 1. The van der Waals surface area contributed by atoms with Gasteiger partial charge in [0.15, 0.2) is 0 Å². The minimum Gasteiger partial charge on any atom is -0.480 e. The van der Waals surface area contributed by atoms with E-state index in [-0.39, 0.29) is 6.04 Å². The summed E-state index contributed by atoms with van der Waals surface area (Å²) in [6, 6.07) is 7.62. The maximum absolute atomic E-state index is 11.1. The van der Waals surface area contributed by atoms with E-state index < -0.39 is 12.0 Å². The van der Waals surface area contributed by atoms with Crippen LogP contribution in [0.15, 0.2) is 24.3 Å². The van der Waals surface area contributed by atoms with E-state index in [2.05, 4.69) is 24.1 Å². The molecule has 4 heteroatoms. The third kappa shape index (κ3) is 4.07. The van der Waals surface area contributed by atoms with Crippen LogP contribution in [-0.2, 0) is 9.53 Å². The van der Waals surface area contributed by atoms with Crippen LogP contribution < -0.4 is 5.32 Å². The van der Waals surface area contributed by atoms with Gasteiger partial charge in [-0.1, -0.05) is 30.9 Å². The van der Waals surface area contributed by atoms with Crippen LogP contribution >= 0.6 is 0 Å². The van der Waals surface area contributed by atoms with Gasteiger partial charge < -0.3 is 9.84 Å². The number of methoxy groups -OCH3 is 1. The summed E-state index contributed by atoms with van der Waals surface area (Å²) < 4.78 is 4.89. The Morgan fingerprint density at radius 1 is 1.38 bits per heavy atom. The molecule has 112 valence electrons. The minimum atomic E-state index is -0.769. The van der Waals surface area contributed by atoms with Gasteiger partial charge in [-0.05, 0) is 36.5 Å². The number of carbonyl (C=O) groups is 1. The molecule has 1 heterocycles. The van der Waals surface area contributed by atoms with E-state index in [1.807, 2.05) is 24.3 Å². The second-order valence-electron chi connectivity index (χ2n) is 5.45. The highest BCUT2D eigenvalue weighted by Gasteiger charge is 2.31. The molecule has 1 aliphatic heterocycles. The van der Waals surface area contributed by atoms with E-state index in [1.54, 1.807) is 7.11 Å². The molecular weight excluding hydrogens is 266 g/mol. The third-order valence-electron chi connectivity index (χ3n) is 3.88. The lowest BCUT2D eigenvalue weighted by molar-refractivity contribution is -0.140. The van der Waals surface area contributed by atoms with E-state index in [4.69, 9.17) is 9.84 Å². The maximum atomic E-state index is 11.1. The van der Waals surface area contributed by atoms with Crippen molar-refractivity contribution in [2.75, 3.05) is 13.7 Å². The monoisotopic (exact) mass is 287 g/mol. The number of hydrogen-bond acceptors (Lipinski definition) is 3. The Labute approximate surface area is 125 Å². The zero-order valence-electron chi connectivity index (χ0n) is 12.4. The van der Waals surface area contributed by atoms with Crippen molar-refractivity contribution in [3.8, 4) is 11.8 Å². The molecule has 0 aliphatic carbocycles. The molecule has 0 bridgehead atoms. The Hall–Kier alpha value is -1.83. The van der Waals surface area contributed by atoms with E-state index in [9.17, 15) is 4.79 Å². The minimum absolute atomic E-state index is 0.0841. The summed E-state index contributed by atoms with van der Waals surface area (Å²) >= 11 is 0. The van der Waals surface area contributed by atoms with Gasteiger partial charge in [0, 0.05) is 18.7 Å². The highest BCUT2D eigenvalue weighted by molar-refractivity contribution is 5.73. The Balaban J connectivity index is 2.10. The fourth-order valence-electron chi connectivity index (χ4n) is 2.66. The topological polar surface area (TPSA) is 58.6 Å². The number of carboxylic acids is 1. The van der Waals surface area contributed by atoms with Crippen LogP contribution in [-0.4, -0.2) is 30.8 Å². The summed E-state index contributed by atoms with van der Waals surface area (Å²) in [5.74, 6) is 5.59. The molecule has 2 rings (SSSR count). The molecule has 0 aromatic heterocycles. The molecule has 4 nitrogen and oxygen atoms in total. The summed E-state index contributed by atoms with van der Waals surface area (Å²) in [5.41, 5.74) is 2.06. The molecule has 3 atom stereocenters. The van der Waals surface area contributed by atoms with E-state index in [0.717, 1.165) is 17.5 Å². The first kappa shape index (κ1) is 15.6. The van der Waals surface area contributed by atoms with Crippen LogP contribution in [0.2, 0.25) is 0 Å². The van der Waals surface area contributed by atoms with Crippen LogP contribution in [0.3, 0.4) is 0 Å². The number of rotatable bonds is 3. The van der Waals surface area contributed by atoms with Crippen LogP contribution in [0.1, 0.15) is 36.9 Å². The second kappa shape index (κ2) is 7.26. The molecule has 0 amide bonds. The van der Waals surface area contributed by atoms with Crippen molar-refractivity contribution < 1.29 is 14.6 Å². The smallest absolute Gasteiger partial charge is 0.320 e. The summed E-state index contributed by atoms with van der Waals surface area (Å²) in [4.78, 5) is 11.1. The van der Waals surface area contributed by atoms with Crippen molar-refractivity contribution in [3.63, 3.8) is 0 Å². The quantitative estimate of drug-likeness (QED) is 0.837. The van der Waals surface area contributed by atoms with Gasteiger partial charge in [0.2, 0.25) is 0 Å². The molecule has 2 N–H and O–H groups in total. The highest BCUT2D eigenvalue weighted by atomic mass is 16.5. The Bertz CT molecular complexity index is 541. The average molecular weight is 287 g/mol. The molecule has 21 heavy (non-hydrogen) atoms. The van der Waals surface area contributed by atoms with Crippen molar-refractivity contribution >= 4 is 5.97 Å². The van der Waals surface area contributed by atoms with Crippen LogP contribution in [0.4, 0.5) is 0 Å². The fraction of sp³-hybridized carbons (Fsp3) is 0.471. The van der Waals surface area contributed by atoms with Crippen LogP contribution in [0.5, 0.6) is 0 Å². The standard InChI is InChI=1S/C17H21NO3/c1-12-5-10-15(17(19)20)18-16(12)14-8-6-13(7-9-14)4-3-11-21-2/h6-9,12,15-16,18H,5,10-11H2,1-2H3,(H,19,20)/t12-,15?,16-/m1/s1. The maximum Gasteiger partial charge on any atom is 0.320 e. The first-order valence-electron chi connectivity index (χ1n) is 7.18. The first-order chi connectivity index (χ1) is 10.1. The number of hydrogen-bond donors (Lipinski definition) is 2. The van der Waals surface area contributed by atoms with E-state index >= 15 is 0 Å². The van der Waals surface area contributed by atoms with E-state index in [0.29, 0.717) is 18.9 Å². The second-order valence-corrected chi connectivity index (χ2v) is 5.45. The molecule has 1 unspecified atom stereocenters. The number of carboxylic acid groups (broad SMARTS) is 1.